The van der Waals surface area contributed by atoms with Gasteiger partial charge in [-0.1, -0.05) is 19.3 Å². The first-order chi connectivity index (χ1) is 4.83. The molecular weight excluding hydrogens is 142 g/mol. The summed E-state index contributed by atoms with van der Waals surface area (Å²) in [6.45, 7) is 0.830. The van der Waals surface area contributed by atoms with Crippen molar-refractivity contribution < 1.29 is 0 Å². The van der Waals surface area contributed by atoms with E-state index in [4.69, 9.17) is 5.73 Å². The Morgan fingerprint density at radius 3 is 2.10 bits per heavy atom. The molecule has 0 aromatic carbocycles. The maximum atomic E-state index is 5.70. The summed E-state index contributed by atoms with van der Waals surface area (Å²) in [6.07, 6.45) is 6.71. The fourth-order valence-corrected chi connectivity index (χ4v) is 2.17. The lowest BCUT2D eigenvalue weighted by molar-refractivity contribution is 0.233. The molecule has 1 fully saturated rings. The van der Waals surface area contributed by atoms with Crippen LogP contribution in [0.4, 0.5) is 0 Å². The van der Waals surface area contributed by atoms with Gasteiger partial charge >= 0.3 is 0 Å². The van der Waals surface area contributed by atoms with Gasteiger partial charge in [0.05, 0.1) is 0 Å². The Bertz CT molecular complexity index is 91.4. The summed E-state index contributed by atoms with van der Waals surface area (Å²) in [5, 5.41) is 0. The summed E-state index contributed by atoms with van der Waals surface area (Å²) in [5.41, 5.74) is 6.10. The smallest absolute Gasteiger partial charge is 0.00127 e. The molecule has 1 aliphatic carbocycles. The third-order valence-electron chi connectivity index (χ3n) is 2.68. The van der Waals surface area contributed by atoms with E-state index in [9.17, 15) is 0 Å². The average Bonchev–Trinajstić information content (AvgIpc) is 2.06. The van der Waals surface area contributed by atoms with Gasteiger partial charge in [-0.25, -0.2) is 0 Å². The van der Waals surface area contributed by atoms with Crippen molar-refractivity contribution in [3.8, 4) is 0 Å². The van der Waals surface area contributed by atoms with E-state index in [1.54, 1.807) is 0 Å². The highest BCUT2D eigenvalue weighted by Gasteiger charge is 2.28. The predicted octanol–water partition coefficient (Wildman–Crippen LogP) is 1.83. The van der Waals surface area contributed by atoms with Crippen molar-refractivity contribution in [3.05, 3.63) is 0 Å². The minimum absolute atomic E-state index is 0.404. The van der Waals surface area contributed by atoms with Crippen molar-refractivity contribution in [2.45, 2.75) is 32.1 Å². The fraction of sp³-hybridized carbons (Fsp3) is 1.00. The van der Waals surface area contributed by atoms with Crippen LogP contribution in [0.2, 0.25) is 0 Å². The van der Waals surface area contributed by atoms with Crippen LogP contribution in [0.25, 0.3) is 0 Å². The second-order valence-electron chi connectivity index (χ2n) is 3.42. The van der Waals surface area contributed by atoms with Gasteiger partial charge in [-0.05, 0) is 30.6 Å². The molecule has 2 N–H and O–H groups in total. The van der Waals surface area contributed by atoms with Crippen LogP contribution in [0.5, 0.6) is 0 Å². The Morgan fingerprint density at radius 1 is 1.20 bits per heavy atom. The van der Waals surface area contributed by atoms with Crippen LogP contribution in [0, 0.1) is 5.41 Å². The van der Waals surface area contributed by atoms with Crippen molar-refractivity contribution in [2.24, 2.45) is 11.1 Å². The molecule has 0 aliphatic heterocycles. The fourth-order valence-electron chi connectivity index (χ4n) is 1.73. The first kappa shape index (κ1) is 8.41. The van der Waals surface area contributed by atoms with Crippen LogP contribution in [-0.2, 0) is 0 Å². The third-order valence-corrected chi connectivity index (χ3v) is 3.35. The van der Waals surface area contributed by atoms with E-state index in [1.165, 1.54) is 32.1 Å². The molecule has 60 valence electrons. The lowest BCUT2D eigenvalue weighted by Crippen LogP contribution is -2.34. The highest BCUT2D eigenvalue weighted by atomic mass is 32.1. The molecule has 1 aliphatic rings. The summed E-state index contributed by atoms with van der Waals surface area (Å²) in [6, 6.07) is 0. The van der Waals surface area contributed by atoms with Crippen molar-refractivity contribution in [1.82, 2.24) is 0 Å². The van der Waals surface area contributed by atoms with Gasteiger partial charge in [0.25, 0.3) is 0 Å². The van der Waals surface area contributed by atoms with Gasteiger partial charge in [0.2, 0.25) is 0 Å². The first-order valence-electron chi connectivity index (χ1n) is 4.14. The van der Waals surface area contributed by atoms with Crippen LogP contribution in [0.3, 0.4) is 0 Å². The lowest BCUT2D eigenvalue weighted by Gasteiger charge is -2.34. The summed E-state index contributed by atoms with van der Waals surface area (Å²) in [4.78, 5) is 0. The Morgan fingerprint density at radius 2 is 1.80 bits per heavy atom. The second-order valence-corrected chi connectivity index (χ2v) is 3.74. The molecule has 10 heavy (non-hydrogen) atoms. The van der Waals surface area contributed by atoms with Gasteiger partial charge in [0.15, 0.2) is 0 Å². The Hall–Kier alpha value is 0.310. The van der Waals surface area contributed by atoms with Gasteiger partial charge in [0.1, 0.15) is 0 Å². The maximum Gasteiger partial charge on any atom is -0.00127 e. The van der Waals surface area contributed by atoms with Gasteiger partial charge < -0.3 is 5.73 Å². The van der Waals surface area contributed by atoms with Gasteiger partial charge in [0, 0.05) is 0 Å². The number of rotatable bonds is 2. The van der Waals surface area contributed by atoms with Crippen LogP contribution < -0.4 is 5.73 Å². The average molecular weight is 159 g/mol. The standard InChI is InChI=1S/C8H17NS/c9-6-8(7-10)4-2-1-3-5-8/h10H,1-7,9H2. The molecule has 0 heterocycles. The quantitative estimate of drug-likeness (QED) is 0.591. The molecule has 2 heteroatoms. The van der Waals surface area contributed by atoms with Crippen LogP contribution >= 0.6 is 12.6 Å². The molecule has 0 amide bonds. The second kappa shape index (κ2) is 3.63. The molecule has 1 rings (SSSR count). The minimum atomic E-state index is 0.404. The van der Waals surface area contributed by atoms with Crippen molar-refractivity contribution in [3.63, 3.8) is 0 Å². The lowest BCUT2D eigenvalue weighted by atomic mass is 9.76. The summed E-state index contributed by atoms with van der Waals surface area (Å²) < 4.78 is 0. The van der Waals surface area contributed by atoms with E-state index < -0.39 is 0 Å². The zero-order valence-electron chi connectivity index (χ0n) is 6.47. The van der Waals surface area contributed by atoms with Crippen LogP contribution in [-0.4, -0.2) is 12.3 Å². The number of nitrogens with two attached hydrogens (primary N) is 1. The topological polar surface area (TPSA) is 26.0 Å². The molecule has 1 nitrogen and oxygen atoms in total. The van der Waals surface area contributed by atoms with Crippen LogP contribution in [0.1, 0.15) is 32.1 Å². The SMILES string of the molecule is NCC1(CS)CCCCC1. The normalized spacial score (nSPS) is 24.6. The van der Waals surface area contributed by atoms with E-state index in [2.05, 4.69) is 12.6 Å². The number of thiol groups is 1. The summed E-state index contributed by atoms with van der Waals surface area (Å²) in [5.74, 6) is 0.976. The van der Waals surface area contributed by atoms with E-state index in [0.29, 0.717) is 5.41 Å². The Labute approximate surface area is 68.8 Å². The number of hydrogen-bond donors (Lipinski definition) is 2. The first-order valence-corrected chi connectivity index (χ1v) is 4.77. The van der Waals surface area contributed by atoms with Gasteiger partial charge in [-0.15, -0.1) is 0 Å². The molecule has 0 bridgehead atoms. The molecule has 0 spiro atoms. The molecule has 0 unspecified atom stereocenters. The van der Waals surface area contributed by atoms with E-state index >= 15 is 0 Å². The third kappa shape index (κ3) is 1.67. The molecule has 0 aromatic rings. The Kier molecular flexibility index (Phi) is 3.05. The molecule has 0 aromatic heterocycles. The molecule has 0 saturated heterocycles. The maximum absolute atomic E-state index is 5.70. The molecule has 0 atom stereocenters. The zero-order valence-corrected chi connectivity index (χ0v) is 7.37. The minimum Gasteiger partial charge on any atom is -0.330 e. The van der Waals surface area contributed by atoms with E-state index in [-0.39, 0.29) is 0 Å². The summed E-state index contributed by atoms with van der Waals surface area (Å²) >= 11 is 4.35. The molecule has 1 saturated carbocycles. The highest BCUT2D eigenvalue weighted by molar-refractivity contribution is 7.80. The summed E-state index contributed by atoms with van der Waals surface area (Å²) in [7, 11) is 0. The van der Waals surface area contributed by atoms with Crippen LogP contribution in [0.15, 0.2) is 0 Å². The Balaban J connectivity index is 2.44. The van der Waals surface area contributed by atoms with E-state index in [0.717, 1.165) is 12.3 Å². The van der Waals surface area contributed by atoms with E-state index in [1.807, 2.05) is 0 Å². The largest absolute Gasteiger partial charge is 0.330 e. The predicted molar refractivity (Wildman–Crippen MR) is 48.4 cm³/mol. The van der Waals surface area contributed by atoms with Gasteiger partial charge in [-0.3, -0.25) is 0 Å². The van der Waals surface area contributed by atoms with Gasteiger partial charge in [-0.2, -0.15) is 12.6 Å². The molecular formula is C8H17NS. The number of hydrogen-bond acceptors (Lipinski definition) is 2. The monoisotopic (exact) mass is 159 g/mol. The van der Waals surface area contributed by atoms with Crippen molar-refractivity contribution in [1.29, 1.82) is 0 Å². The molecule has 0 radical (unpaired) electrons. The van der Waals surface area contributed by atoms with Crippen molar-refractivity contribution >= 4 is 12.6 Å². The highest BCUT2D eigenvalue weighted by Crippen LogP contribution is 2.35. The van der Waals surface area contributed by atoms with Crippen molar-refractivity contribution in [2.75, 3.05) is 12.3 Å². The zero-order chi connectivity index (χ0) is 7.45.